The number of carbonyl (C=O) groups is 2. The number of nitrogens with zero attached hydrogens (tertiary/aromatic N) is 2. The Balaban J connectivity index is 2.30. The van der Waals surface area contributed by atoms with Crippen LogP contribution < -0.4 is 4.90 Å². The predicted octanol–water partition coefficient (Wildman–Crippen LogP) is 2.61. The van der Waals surface area contributed by atoms with Crippen LogP contribution in [0.25, 0.3) is 0 Å². The molecule has 1 fully saturated rings. The van der Waals surface area contributed by atoms with Crippen LogP contribution in [0.1, 0.15) is 47.9 Å². The van der Waals surface area contributed by atoms with Gasteiger partial charge in [0.15, 0.2) is 16.6 Å². The van der Waals surface area contributed by atoms with Crippen molar-refractivity contribution in [3.63, 3.8) is 0 Å². The van der Waals surface area contributed by atoms with E-state index in [4.69, 9.17) is 4.74 Å². The van der Waals surface area contributed by atoms with Gasteiger partial charge in [-0.25, -0.2) is 9.78 Å². The van der Waals surface area contributed by atoms with Crippen LogP contribution in [0, 0.1) is 11.8 Å². The molecular formula is C14H20N2O3S. The minimum atomic E-state index is -0.513. The third-order valence-electron chi connectivity index (χ3n) is 3.66. The first kappa shape index (κ1) is 15.0. The summed E-state index contributed by atoms with van der Waals surface area (Å²) in [5.74, 6) is 0.522. The van der Waals surface area contributed by atoms with E-state index in [9.17, 15) is 9.59 Å². The van der Waals surface area contributed by atoms with Gasteiger partial charge in [0.05, 0.1) is 6.61 Å². The van der Waals surface area contributed by atoms with Crippen LogP contribution in [0.3, 0.4) is 0 Å². The smallest absolute Gasteiger partial charge is 0.358 e. The van der Waals surface area contributed by atoms with Gasteiger partial charge in [0.25, 0.3) is 0 Å². The highest BCUT2D eigenvalue weighted by atomic mass is 32.1. The van der Waals surface area contributed by atoms with Crippen LogP contribution in [-0.4, -0.2) is 36.4 Å². The van der Waals surface area contributed by atoms with Crippen LogP contribution in [0.4, 0.5) is 5.13 Å². The van der Waals surface area contributed by atoms with Crippen LogP contribution in [0.5, 0.6) is 0 Å². The van der Waals surface area contributed by atoms with Crippen LogP contribution in [0.15, 0.2) is 0 Å². The quantitative estimate of drug-likeness (QED) is 0.631. The Labute approximate surface area is 122 Å². The molecule has 0 radical (unpaired) electrons. The van der Waals surface area contributed by atoms with Gasteiger partial charge in [0.1, 0.15) is 4.88 Å². The lowest BCUT2D eigenvalue weighted by Gasteiger charge is -2.13. The first-order valence-corrected chi connectivity index (χ1v) is 7.69. The molecule has 0 N–H and O–H groups in total. The number of aromatic nitrogens is 1. The fourth-order valence-electron chi connectivity index (χ4n) is 2.31. The van der Waals surface area contributed by atoms with Gasteiger partial charge >= 0.3 is 5.97 Å². The first-order chi connectivity index (χ1) is 9.43. The molecule has 1 aliphatic heterocycles. The molecule has 110 valence electrons. The van der Waals surface area contributed by atoms with Gasteiger partial charge < -0.3 is 9.64 Å². The summed E-state index contributed by atoms with van der Waals surface area (Å²) in [7, 11) is 0. The number of hydrogen-bond donors (Lipinski definition) is 0. The van der Waals surface area contributed by atoms with Gasteiger partial charge in [-0.1, -0.05) is 25.2 Å². The molecule has 1 aliphatic rings. The molecule has 2 atom stereocenters. The van der Waals surface area contributed by atoms with Crippen LogP contribution >= 0.6 is 11.3 Å². The van der Waals surface area contributed by atoms with E-state index in [-0.39, 0.29) is 18.1 Å². The summed E-state index contributed by atoms with van der Waals surface area (Å²) in [5.41, 5.74) is 0.159. The van der Waals surface area contributed by atoms with Crippen LogP contribution in [-0.2, 0) is 4.74 Å². The largest absolute Gasteiger partial charge is 0.461 e. The average Bonchev–Trinajstić information content (AvgIpc) is 2.95. The Morgan fingerprint density at radius 3 is 2.45 bits per heavy atom. The number of ether oxygens (including phenoxy) is 1. The summed E-state index contributed by atoms with van der Waals surface area (Å²) in [4.78, 5) is 30.4. The zero-order valence-corrected chi connectivity index (χ0v) is 13.1. The summed E-state index contributed by atoms with van der Waals surface area (Å²) < 4.78 is 4.97. The van der Waals surface area contributed by atoms with Crippen molar-refractivity contribution in [2.75, 3.05) is 24.6 Å². The summed E-state index contributed by atoms with van der Waals surface area (Å²) >= 11 is 1.29. The summed E-state index contributed by atoms with van der Waals surface area (Å²) in [5, 5.41) is 0.745. The number of ketones is 1. The molecule has 0 aromatic carbocycles. The topological polar surface area (TPSA) is 59.5 Å². The predicted molar refractivity (Wildman–Crippen MR) is 78.6 cm³/mol. The second-order valence-corrected chi connectivity index (χ2v) is 6.29. The van der Waals surface area contributed by atoms with Crippen molar-refractivity contribution in [2.24, 2.45) is 11.8 Å². The lowest BCUT2D eigenvalue weighted by Crippen LogP contribution is -2.19. The molecule has 2 rings (SSSR count). The van der Waals surface area contributed by atoms with E-state index in [2.05, 4.69) is 23.7 Å². The molecule has 1 saturated heterocycles. The zero-order chi connectivity index (χ0) is 14.9. The lowest BCUT2D eigenvalue weighted by atomic mass is 10.0. The summed E-state index contributed by atoms with van der Waals surface area (Å²) in [6.45, 7) is 9.70. The molecule has 2 unspecified atom stereocenters. The van der Waals surface area contributed by atoms with E-state index in [1.807, 2.05) is 0 Å². The normalized spacial score (nSPS) is 22.1. The van der Waals surface area contributed by atoms with Crippen molar-refractivity contribution >= 4 is 28.2 Å². The number of thiazole rings is 1. The fourth-order valence-corrected chi connectivity index (χ4v) is 3.27. The number of esters is 1. The van der Waals surface area contributed by atoms with Crippen LogP contribution in [0.2, 0.25) is 0 Å². The molecule has 0 spiro atoms. The van der Waals surface area contributed by atoms with Crippen molar-refractivity contribution < 1.29 is 14.3 Å². The zero-order valence-electron chi connectivity index (χ0n) is 12.3. The maximum atomic E-state index is 11.9. The summed E-state index contributed by atoms with van der Waals surface area (Å²) in [6.07, 6.45) is 0. The number of carbonyl (C=O) groups excluding carboxylic acids is 2. The van der Waals surface area contributed by atoms with E-state index in [0.717, 1.165) is 18.2 Å². The second-order valence-electron chi connectivity index (χ2n) is 5.31. The maximum absolute atomic E-state index is 11.9. The Kier molecular flexibility index (Phi) is 4.42. The standard InChI is InChI=1S/C14H20N2O3S/c1-5-19-13(18)11-12(10(4)17)20-14(15-11)16-6-8(2)9(3)7-16/h8-9H,5-7H2,1-4H3. The number of hydrogen-bond acceptors (Lipinski definition) is 6. The highest BCUT2D eigenvalue weighted by Gasteiger charge is 2.30. The van der Waals surface area contributed by atoms with Gasteiger partial charge in [-0.05, 0) is 18.8 Å². The molecule has 1 aromatic rings. The third kappa shape index (κ3) is 2.85. The van der Waals surface area contributed by atoms with E-state index in [1.54, 1.807) is 6.92 Å². The Bertz CT molecular complexity index is 516. The first-order valence-electron chi connectivity index (χ1n) is 6.87. The second kappa shape index (κ2) is 5.91. The maximum Gasteiger partial charge on any atom is 0.358 e. The Hall–Kier alpha value is -1.43. The number of anilines is 1. The number of rotatable bonds is 4. The van der Waals surface area contributed by atoms with E-state index in [1.165, 1.54) is 18.3 Å². The van der Waals surface area contributed by atoms with Crippen molar-refractivity contribution in [3.8, 4) is 0 Å². The SMILES string of the molecule is CCOC(=O)c1nc(N2CC(C)C(C)C2)sc1C(C)=O. The monoisotopic (exact) mass is 296 g/mol. The van der Waals surface area contributed by atoms with Crippen molar-refractivity contribution in [3.05, 3.63) is 10.6 Å². The van der Waals surface area contributed by atoms with Crippen molar-refractivity contribution in [1.82, 2.24) is 4.98 Å². The molecule has 0 amide bonds. The molecule has 1 aromatic heterocycles. The molecule has 0 saturated carbocycles. The van der Waals surface area contributed by atoms with Gasteiger partial charge in [-0.3, -0.25) is 4.79 Å². The molecule has 0 aliphatic carbocycles. The van der Waals surface area contributed by atoms with Crippen molar-refractivity contribution in [1.29, 1.82) is 0 Å². The van der Waals surface area contributed by atoms with Gasteiger partial charge in [0.2, 0.25) is 0 Å². The molecule has 2 heterocycles. The van der Waals surface area contributed by atoms with Gasteiger partial charge in [-0.2, -0.15) is 0 Å². The summed E-state index contributed by atoms with van der Waals surface area (Å²) in [6, 6.07) is 0. The minimum absolute atomic E-state index is 0.142. The Morgan fingerprint density at radius 1 is 1.35 bits per heavy atom. The Morgan fingerprint density at radius 2 is 1.95 bits per heavy atom. The average molecular weight is 296 g/mol. The highest BCUT2D eigenvalue weighted by Crippen LogP contribution is 2.33. The van der Waals surface area contributed by atoms with E-state index < -0.39 is 5.97 Å². The van der Waals surface area contributed by atoms with E-state index in [0.29, 0.717) is 16.7 Å². The third-order valence-corrected chi connectivity index (χ3v) is 4.88. The molecule has 20 heavy (non-hydrogen) atoms. The van der Waals surface area contributed by atoms with E-state index >= 15 is 0 Å². The molecule has 0 bridgehead atoms. The minimum Gasteiger partial charge on any atom is -0.461 e. The van der Waals surface area contributed by atoms with Crippen molar-refractivity contribution in [2.45, 2.75) is 27.7 Å². The highest BCUT2D eigenvalue weighted by molar-refractivity contribution is 7.17. The lowest BCUT2D eigenvalue weighted by molar-refractivity contribution is 0.0517. The molecule has 6 heteroatoms. The molecule has 5 nitrogen and oxygen atoms in total. The molecular weight excluding hydrogens is 276 g/mol. The van der Waals surface area contributed by atoms with Gasteiger partial charge in [0, 0.05) is 20.0 Å². The number of Topliss-reactive ketones (excluding diaryl/α,β-unsaturated/α-hetero) is 1. The fraction of sp³-hybridized carbons (Fsp3) is 0.643. The van der Waals surface area contributed by atoms with Gasteiger partial charge in [-0.15, -0.1) is 0 Å².